The van der Waals surface area contributed by atoms with E-state index in [9.17, 15) is 18.0 Å². The second-order valence-corrected chi connectivity index (χ2v) is 8.24. The summed E-state index contributed by atoms with van der Waals surface area (Å²) in [5.74, 6) is -1.02. The number of anilines is 2. The van der Waals surface area contributed by atoms with Gasteiger partial charge in [-0.15, -0.1) is 0 Å². The highest BCUT2D eigenvalue weighted by Crippen LogP contribution is 2.24. The summed E-state index contributed by atoms with van der Waals surface area (Å²) >= 11 is 0. The molecule has 0 aliphatic rings. The van der Waals surface area contributed by atoms with Gasteiger partial charge < -0.3 is 10.1 Å². The second kappa shape index (κ2) is 8.88. The molecule has 1 unspecified atom stereocenters. The predicted octanol–water partition coefficient (Wildman–Crippen LogP) is 2.96. The van der Waals surface area contributed by atoms with Crippen molar-refractivity contribution in [2.45, 2.75) is 26.3 Å². The Balaban J connectivity index is 2.36. The average molecular weight is 404 g/mol. The minimum atomic E-state index is -3.71. The lowest BCUT2D eigenvalue weighted by atomic mass is 10.1. The number of ether oxygens (including phenoxy) is 1. The first kappa shape index (κ1) is 21.4. The summed E-state index contributed by atoms with van der Waals surface area (Å²) in [4.78, 5) is 24.6. The van der Waals surface area contributed by atoms with E-state index in [1.54, 1.807) is 43.3 Å². The monoisotopic (exact) mass is 404 g/mol. The smallest absolute Gasteiger partial charge is 0.337 e. The third-order valence-corrected chi connectivity index (χ3v) is 5.32. The van der Waals surface area contributed by atoms with Crippen LogP contribution < -0.4 is 9.62 Å². The lowest BCUT2D eigenvalue weighted by molar-refractivity contribution is -0.117. The number of benzene rings is 2. The Hall–Kier alpha value is -2.87. The van der Waals surface area contributed by atoms with Gasteiger partial charge >= 0.3 is 5.97 Å². The third-order valence-electron chi connectivity index (χ3n) is 4.14. The third kappa shape index (κ3) is 5.10. The summed E-state index contributed by atoms with van der Waals surface area (Å²) in [6.07, 6.45) is 1.34. The van der Waals surface area contributed by atoms with E-state index in [1.807, 2.05) is 13.0 Å². The Morgan fingerprint density at radius 2 is 1.82 bits per heavy atom. The quantitative estimate of drug-likeness (QED) is 0.716. The summed E-state index contributed by atoms with van der Waals surface area (Å²) in [5.41, 5.74) is 1.97. The largest absolute Gasteiger partial charge is 0.465 e. The molecule has 7 nitrogen and oxygen atoms in total. The molecule has 0 saturated heterocycles. The first-order valence-corrected chi connectivity index (χ1v) is 10.6. The molecule has 0 saturated carbocycles. The van der Waals surface area contributed by atoms with Crippen molar-refractivity contribution in [2.75, 3.05) is 23.0 Å². The van der Waals surface area contributed by atoms with Gasteiger partial charge in [-0.1, -0.05) is 25.1 Å². The molecule has 0 heterocycles. The van der Waals surface area contributed by atoms with Crippen molar-refractivity contribution in [3.8, 4) is 0 Å². The van der Waals surface area contributed by atoms with Crippen molar-refractivity contribution >= 4 is 33.3 Å². The van der Waals surface area contributed by atoms with Gasteiger partial charge in [0, 0.05) is 5.69 Å². The molecule has 1 amide bonds. The van der Waals surface area contributed by atoms with Crippen LogP contribution in [-0.2, 0) is 19.6 Å². The maximum absolute atomic E-state index is 12.9. The maximum atomic E-state index is 12.9. The number of methoxy groups -OCH3 is 1. The molecule has 0 fully saturated rings. The number of sulfonamides is 1. The first-order chi connectivity index (χ1) is 13.2. The zero-order valence-corrected chi connectivity index (χ0v) is 17.1. The SMILES string of the molecule is CCC(C(=O)Nc1cccc(C(=O)OC)c1)N(c1cccc(C)c1)S(C)(=O)=O. The van der Waals surface area contributed by atoms with E-state index in [2.05, 4.69) is 10.1 Å². The summed E-state index contributed by atoms with van der Waals surface area (Å²) in [5, 5.41) is 2.70. The van der Waals surface area contributed by atoms with Crippen LogP contribution in [0.2, 0.25) is 0 Å². The van der Waals surface area contributed by atoms with Crippen LogP contribution in [0.15, 0.2) is 48.5 Å². The van der Waals surface area contributed by atoms with Crippen molar-refractivity contribution in [2.24, 2.45) is 0 Å². The zero-order chi connectivity index (χ0) is 20.9. The molecule has 0 aliphatic carbocycles. The molecule has 0 spiro atoms. The van der Waals surface area contributed by atoms with Crippen LogP contribution in [0.3, 0.4) is 0 Å². The van der Waals surface area contributed by atoms with Crippen molar-refractivity contribution in [1.82, 2.24) is 0 Å². The number of nitrogens with zero attached hydrogens (tertiary/aromatic N) is 1. The minimum absolute atomic E-state index is 0.267. The Kier molecular flexibility index (Phi) is 6.80. The standard InChI is InChI=1S/C20H24N2O5S/c1-5-18(22(28(4,25)26)17-11-6-8-14(2)12-17)19(23)21-16-10-7-9-15(13-16)20(24)27-3/h6-13,18H,5H2,1-4H3,(H,21,23). The number of nitrogens with one attached hydrogen (secondary N) is 1. The predicted molar refractivity (Wildman–Crippen MR) is 109 cm³/mol. The number of carbonyl (C=O) groups is 2. The molecule has 2 aromatic rings. The van der Waals surface area contributed by atoms with Gasteiger partial charge in [-0.3, -0.25) is 9.10 Å². The lowest BCUT2D eigenvalue weighted by Gasteiger charge is -2.30. The Labute approximate surface area is 165 Å². The van der Waals surface area contributed by atoms with E-state index < -0.39 is 27.9 Å². The fourth-order valence-corrected chi connectivity index (χ4v) is 4.10. The number of amides is 1. The summed E-state index contributed by atoms with van der Waals surface area (Å²) in [6, 6.07) is 12.3. The first-order valence-electron chi connectivity index (χ1n) is 8.72. The fourth-order valence-electron chi connectivity index (χ4n) is 2.89. The van der Waals surface area contributed by atoms with E-state index in [0.29, 0.717) is 11.4 Å². The molecule has 0 radical (unpaired) electrons. The molecule has 1 N–H and O–H groups in total. The van der Waals surface area contributed by atoms with Crippen LogP contribution in [0.5, 0.6) is 0 Å². The van der Waals surface area contributed by atoms with Crippen molar-refractivity contribution in [1.29, 1.82) is 0 Å². The molecule has 0 bridgehead atoms. The number of carbonyl (C=O) groups excluding carboxylic acids is 2. The van der Waals surface area contributed by atoms with E-state index in [1.165, 1.54) is 13.2 Å². The van der Waals surface area contributed by atoms with Gasteiger partial charge in [0.25, 0.3) is 0 Å². The second-order valence-electron chi connectivity index (χ2n) is 6.38. The van der Waals surface area contributed by atoms with Crippen LogP contribution in [0.1, 0.15) is 29.3 Å². The molecule has 2 rings (SSSR count). The Bertz CT molecular complexity index is 972. The molecule has 0 aromatic heterocycles. The van der Waals surface area contributed by atoms with Crippen LogP contribution >= 0.6 is 0 Å². The van der Waals surface area contributed by atoms with Crippen LogP contribution in [0, 0.1) is 6.92 Å². The average Bonchev–Trinajstić information content (AvgIpc) is 2.64. The molecule has 8 heteroatoms. The topological polar surface area (TPSA) is 92.8 Å². The van der Waals surface area contributed by atoms with Gasteiger partial charge in [-0.2, -0.15) is 0 Å². The fraction of sp³-hybridized carbons (Fsp3) is 0.300. The van der Waals surface area contributed by atoms with Crippen LogP contribution in [0.4, 0.5) is 11.4 Å². The van der Waals surface area contributed by atoms with Gasteiger partial charge in [0.1, 0.15) is 6.04 Å². The van der Waals surface area contributed by atoms with E-state index in [0.717, 1.165) is 16.1 Å². The lowest BCUT2D eigenvalue weighted by Crippen LogP contribution is -2.47. The summed E-state index contributed by atoms with van der Waals surface area (Å²) < 4.78 is 30.7. The minimum Gasteiger partial charge on any atom is -0.465 e. The van der Waals surface area contributed by atoms with Crippen LogP contribution in [-0.4, -0.2) is 39.7 Å². The molecule has 1 atom stereocenters. The van der Waals surface area contributed by atoms with E-state index in [-0.39, 0.29) is 12.0 Å². The van der Waals surface area contributed by atoms with Gasteiger partial charge in [0.05, 0.1) is 24.6 Å². The number of esters is 1. The maximum Gasteiger partial charge on any atom is 0.337 e. The highest BCUT2D eigenvalue weighted by Gasteiger charge is 2.31. The van der Waals surface area contributed by atoms with E-state index in [4.69, 9.17) is 0 Å². The molecule has 150 valence electrons. The Morgan fingerprint density at radius 1 is 1.14 bits per heavy atom. The summed E-state index contributed by atoms with van der Waals surface area (Å²) in [6.45, 7) is 3.59. The molecular formula is C20H24N2O5S. The Morgan fingerprint density at radius 3 is 2.39 bits per heavy atom. The molecule has 0 aliphatic heterocycles. The molecule has 2 aromatic carbocycles. The molecular weight excluding hydrogens is 380 g/mol. The van der Waals surface area contributed by atoms with Gasteiger partial charge in [0.2, 0.25) is 15.9 Å². The number of hydrogen-bond donors (Lipinski definition) is 1. The van der Waals surface area contributed by atoms with Crippen molar-refractivity contribution in [3.05, 3.63) is 59.7 Å². The summed E-state index contributed by atoms with van der Waals surface area (Å²) in [7, 11) is -2.44. The molecule has 28 heavy (non-hydrogen) atoms. The van der Waals surface area contributed by atoms with Crippen LogP contribution in [0.25, 0.3) is 0 Å². The van der Waals surface area contributed by atoms with Gasteiger partial charge in [-0.05, 0) is 49.2 Å². The number of aryl methyl sites for hydroxylation is 1. The normalized spacial score (nSPS) is 12.1. The van der Waals surface area contributed by atoms with Crippen molar-refractivity contribution in [3.63, 3.8) is 0 Å². The zero-order valence-electron chi connectivity index (χ0n) is 16.3. The van der Waals surface area contributed by atoms with Gasteiger partial charge in [0.15, 0.2) is 0 Å². The van der Waals surface area contributed by atoms with Gasteiger partial charge in [-0.25, -0.2) is 13.2 Å². The number of hydrogen-bond acceptors (Lipinski definition) is 5. The van der Waals surface area contributed by atoms with Crippen molar-refractivity contribution < 1.29 is 22.7 Å². The highest BCUT2D eigenvalue weighted by atomic mass is 32.2. The number of rotatable bonds is 7. The van der Waals surface area contributed by atoms with E-state index >= 15 is 0 Å². The highest BCUT2D eigenvalue weighted by molar-refractivity contribution is 7.92.